The van der Waals surface area contributed by atoms with Crippen molar-refractivity contribution in [3.8, 4) is 5.75 Å². The van der Waals surface area contributed by atoms with Crippen molar-refractivity contribution < 1.29 is 23.1 Å². The van der Waals surface area contributed by atoms with Crippen LogP contribution >= 0.6 is 0 Å². The molecule has 2 aromatic rings. The molecule has 0 unspecified atom stereocenters. The average molecular weight is 416 g/mol. The Morgan fingerprint density at radius 3 is 2.33 bits per heavy atom. The molecule has 0 aliphatic carbocycles. The Kier molecular flexibility index (Phi) is 6.82. The number of carbonyl (C=O) groups is 2. The van der Waals surface area contributed by atoms with Gasteiger partial charge >= 0.3 is 0 Å². The number of halogens is 2. The lowest BCUT2D eigenvalue weighted by Crippen LogP contribution is -2.58. The molecule has 0 radical (unpaired) electrons. The maximum atomic E-state index is 13.5. The van der Waals surface area contributed by atoms with Crippen molar-refractivity contribution in [1.82, 2.24) is 9.80 Å². The molecule has 0 saturated carbocycles. The number of piperazine rings is 1. The van der Waals surface area contributed by atoms with Gasteiger partial charge in [-0.15, -0.1) is 0 Å². The highest BCUT2D eigenvalue weighted by Crippen LogP contribution is 2.22. The van der Waals surface area contributed by atoms with Gasteiger partial charge < -0.3 is 9.64 Å². The highest BCUT2D eigenvalue weighted by molar-refractivity contribution is 5.96. The van der Waals surface area contributed by atoms with Gasteiger partial charge in [-0.2, -0.15) is 0 Å². The lowest BCUT2D eigenvalue weighted by atomic mass is 10.1. The second-order valence-corrected chi connectivity index (χ2v) is 7.79. The van der Waals surface area contributed by atoms with Crippen molar-refractivity contribution in [1.29, 1.82) is 0 Å². The molecule has 1 saturated heterocycles. The third kappa shape index (κ3) is 5.21. The summed E-state index contributed by atoms with van der Waals surface area (Å²) in [7, 11) is 0. The summed E-state index contributed by atoms with van der Waals surface area (Å²) in [5, 5.41) is 0. The van der Waals surface area contributed by atoms with Crippen LogP contribution in [0.5, 0.6) is 5.75 Å². The van der Waals surface area contributed by atoms with Crippen LogP contribution in [-0.4, -0.2) is 53.3 Å². The third-order valence-electron chi connectivity index (χ3n) is 5.41. The summed E-state index contributed by atoms with van der Waals surface area (Å²) >= 11 is 0. The molecule has 1 aliphatic heterocycles. The minimum Gasteiger partial charge on any atom is -0.483 e. The Bertz CT molecular complexity index is 917. The molecule has 0 aromatic heterocycles. The Morgan fingerprint density at radius 1 is 1.00 bits per heavy atom. The lowest BCUT2D eigenvalue weighted by Gasteiger charge is -2.44. The summed E-state index contributed by atoms with van der Waals surface area (Å²) in [6.45, 7) is 6.97. The number of ether oxygens (including phenoxy) is 1. The van der Waals surface area contributed by atoms with Crippen LogP contribution in [0.4, 0.5) is 8.78 Å². The normalized spacial score (nSPS) is 19.6. The molecular weight excluding hydrogens is 390 g/mol. The van der Waals surface area contributed by atoms with Crippen molar-refractivity contribution in [3.63, 3.8) is 0 Å². The van der Waals surface area contributed by atoms with Crippen LogP contribution in [0.1, 0.15) is 36.7 Å². The average Bonchev–Trinajstić information content (AvgIpc) is 2.70. The van der Waals surface area contributed by atoms with Gasteiger partial charge in [-0.3, -0.25) is 14.5 Å². The fourth-order valence-corrected chi connectivity index (χ4v) is 3.72. The minimum atomic E-state index is -0.529. The number of rotatable bonds is 6. The number of amides is 1. The number of carbonyl (C=O) groups excluding carboxylic acids is 2. The van der Waals surface area contributed by atoms with E-state index in [1.54, 1.807) is 17.0 Å². The van der Waals surface area contributed by atoms with Crippen molar-refractivity contribution in [3.05, 3.63) is 65.2 Å². The molecule has 1 aliphatic rings. The third-order valence-corrected chi connectivity index (χ3v) is 5.41. The van der Waals surface area contributed by atoms with E-state index in [0.717, 1.165) is 11.6 Å². The van der Waals surface area contributed by atoms with E-state index in [0.29, 0.717) is 19.6 Å². The van der Waals surface area contributed by atoms with Crippen molar-refractivity contribution in [2.75, 3.05) is 19.7 Å². The molecule has 2 atom stereocenters. The number of Topliss-reactive ketones (excluding diaryl/α,β-unsaturated/α-hetero) is 1. The first-order valence-electron chi connectivity index (χ1n) is 9.96. The quantitative estimate of drug-likeness (QED) is 0.675. The molecule has 0 bridgehead atoms. The molecule has 3 rings (SSSR count). The van der Waals surface area contributed by atoms with Gasteiger partial charge in [0.1, 0.15) is 17.4 Å². The maximum absolute atomic E-state index is 13.5. The van der Waals surface area contributed by atoms with Gasteiger partial charge in [-0.05, 0) is 50.6 Å². The van der Waals surface area contributed by atoms with Gasteiger partial charge in [-0.25, -0.2) is 8.78 Å². The summed E-state index contributed by atoms with van der Waals surface area (Å²) in [6.07, 6.45) is 0. The highest BCUT2D eigenvalue weighted by atomic mass is 19.1. The minimum absolute atomic E-state index is 0.0439. The largest absolute Gasteiger partial charge is 0.483 e. The second-order valence-electron chi connectivity index (χ2n) is 7.79. The summed E-state index contributed by atoms with van der Waals surface area (Å²) in [6, 6.07) is 10.2. The standard InChI is InChI=1S/C23H26F2N2O3/c1-15-12-27(16(2)11-26(15)13-18-4-6-19(24)7-5-18)23(29)14-30-22-10-20(25)8-9-21(22)17(3)28/h4-10,15-16H,11-14H2,1-3H3/t15-,16+/m0/s1. The molecule has 7 heteroatoms. The first kappa shape index (κ1) is 21.9. The fourth-order valence-electron chi connectivity index (χ4n) is 3.72. The van der Waals surface area contributed by atoms with Gasteiger partial charge in [0.15, 0.2) is 12.4 Å². The van der Waals surface area contributed by atoms with Gasteiger partial charge in [0, 0.05) is 37.8 Å². The maximum Gasteiger partial charge on any atom is 0.260 e. The number of ketones is 1. The number of hydrogen-bond donors (Lipinski definition) is 0. The van der Waals surface area contributed by atoms with Gasteiger partial charge in [0.2, 0.25) is 0 Å². The van der Waals surface area contributed by atoms with Crippen LogP contribution in [0.15, 0.2) is 42.5 Å². The number of hydrogen-bond acceptors (Lipinski definition) is 4. The number of nitrogens with zero attached hydrogens (tertiary/aromatic N) is 2. The van der Waals surface area contributed by atoms with Crippen LogP contribution in [-0.2, 0) is 11.3 Å². The lowest BCUT2D eigenvalue weighted by molar-refractivity contribution is -0.139. The molecule has 160 valence electrons. The van der Waals surface area contributed by atoms with E-state index >= 15 is 0 Å². The summed E-state index contributed by atoms with van der Waals surface area (Å²) in [4.78, 5) is 28.5. The predicted octanol–water partition coefficient (Wildman–Crippen LogP) is 3.67. The van der Waals surface area contributed by atoms with Crippen molar-refractivity contribution in [2.45, 2.75) is 39.4 Å². The van der Waals surface area contributed by atoms with E-state index in [4.69, 9.17) is 4.74 Å². The Labute approximate surface area is 175 Å². The zero-order valence-electron chi connectivity index (χ0n) is 17.4. The first-order chi connectivity index (χ1) is 14.2. The number of benzene rings is 2. The Morgan fingerprint density at radius 2 is 1.67 bits per heavy atom. The fraction of sp³-hybridized carbons (Fsp3) is 0.391. The molecule has 2 aromatic carbocycles. The molecule has 1 amide bonds. The van der Waals surface area contributed by atoms with Crippen LogP contribution in [0.2, 0.25) is 0 Å². The molecule has 1 heterocycles. The van der Waals surface area contributed by atoms with E-state index in [1.165, 1.54) is 31.2 Å². The second kappa shape index (κ2) is 9.34. The van der Waals surface area contributed by atoms with Crippen LogP contribution in [0, 0.1) is 11.6 Å². The van der Waals surface area contributed by atoms with E-state index < -0.39 is 5.82 Å². The van der Waals surface area contributed by atoms with Crippen LogP contribution in [0.3, 0.4) is 0 Å². The molecule has 0 N–H and O–H groups in total. The molecule has 0 spiro atoms. The van der Waals surface area contributed by atoms with Crippen molar-refractivity contribution >= 4 is 11.7 Å². The van der Waals surface area contributed by atoms with E-state index in [1.807, 2.05) is 13.8 Å². The van der Waals surface area contributed by atoms with Crippen molar-refractivity contribution in [2.24, 2.45) is 0 Å². The van der Waals surface area contributed by atoms with Crippen LogP contribution < -0.4 is 4.74 Å². The smallest absolute Gasteiger partial charge is 0.260 e. The van der Waals surface area contributed by atoms with E-state index in [9.17, 15) is 18.4 Å². The molecular formula is C23H26F2N2O3. The topological polar surface area (TPSA) is 49.9 Å². The van der Waals surface area contributed by atoms with E-state index in [-0.39, 0.29) is 47.5 Å². The first-order valence-corrected chi connectivity index (χ1v) is 9.96. The molecule has 5 nitrogen and oxygen atoms in total. The Balaban J connectivity index is 1.61. The zero-order chi connectivity index (χ0) is 21.8. The van der Waals surface area contributed by atoms with Gasteiger partial charge in [0.05, 0.1) is 5.56 Å². The molecule has 30 heavy (non-hydrogen) atoms. The van der Waals surface area contributed by atoms with Gasteiger partial charge in [-0.1, -0.05) is 12.1 Å². The van der Waals surface area contributed by atoms with Crippen LogP contribution in [0.25, 0.3) is 0 Å². The monoisotopic (exact) mass is 416 g/mol. The summed E-state index contributed by atoms with van der Waals surface area (Å²) in [5.41, 5.74) is 1.26. The predicted molar refractivity (Wildman–Crippen MR) is 109 cm³/mol. The highest BCUT2D eigenvalue weighted by Gasteiger charge is 2.32. The van der Waals surface area contributed by atoms with Gasteiger partial charge in [0.25, 0.3) is 5.91 Å². The molecule has 1 fully saturated rings. The summed E-state index contributed by atoms with van der Waals surface area (Å²) in [5.74, 6) is -1.18. The SMILES string of the molecule is CC(=O)c1ccc(F)cc1OCC(=O)N1C[C@H](C)N(Cc2ccc(F)cc2)C[C@H]1C. The zero-order valence-corrected chi connectivity index (χ0v) is 17.4. The summed E-state index contributed by atoms with van der Waals surface area (Å²) < 4.78 is 32.2. The Hall–Kier alpha value is -2.80. The van der Waals surface area contributed by atoms with E-state index in [2.05, 4.69) is 4.90 Å².